The number of carbonyl (C=O) groups excluding carboxylic acids is 1. The van der Waals surface area contributed by atoms with Crippen molar-refractivity contribution >= 4 is 5.91 Å². The van der Waals surface area contributed by atoms with Crippen LogP contribution < -0.4 is 5.32 Å². The van der Waals surface area contributed by atoms with E-state index in [2.05, 4.69) is 5.32 Å². The normalized spacial score (nSPS) is 16.8. The van der Waals surface area contributed by atoms with Gasteiger partial charge in [-0.3, -0.25) is 9.69 Å². The van der Waals surface area contributed by atoms with Crippen molar-refractivity contribution < 1.29 is 14.3 Å². The Balaban J connectivity index is 1.80. The predicted octanol–water partition coefficient (Wildman–Crippen LogP) is 0.913. The molecule has 0 aliphatic heterocycles. The minimum Gasteiger partial charge on any atom is -0.467 e. The molecule has 1 aromatic rings. The monoisotopic (exact) mass is 252 g/mol. The SMILES string of the molecule is CC(NC(=O)CN(CCO)C1CC1)c1ccco1. The fourth-order valence-corrected chi connectivity index (χ4v) is 2.04. The van der Waals surface area contributed by atoms with Gasteiger partial charge in [-0.2, -0.15) is 0 Å². The van der Waals surface area contributed by atoms with Gasteiger partial charge in [-0.05, 0) is 31.9 Å². The Labute approximate surface area is 107 Å². The Morgan fingerprint density at radius 1 is 1.67 bits per heavy atom. The Morgan fingerprint density at radius 2 is 2.44 bits per heavy atom. The van der Waals surface area contributed by atoms with E-state index in [0.717, 1.165) is 18.6 Å². The Hall–Kier alpha value is -1.33. The maximum absolute atomic E-state index is 11.9. The van der Waals surface area contributed by atoms with Gasteiger partial charge in [0.15, 0.2) is 0 Å². The molecule has 1 fully saturated rings. The number of aliphatic hydroxyl groups is 1. The molecule has 1 amide bonds. The van der Waals surface area contributed by atoms with E-state index in [-0.39, 0.29) is 18.6 Å². The van der Waals surface area contributed by atoms with Crippen LogP contribution in [-0.2, 0) is 4.79 Å². The number of furan rings is 1. The second-order valence-electron chi connectivity index (χ2n) is 4.73. The highest BCUT2D eigenvalue weighted by atomic mass is 16.3. The van der Waals surface area contributed by atoms with E-state index < -0.39 is 0 Å². The zero-order valence-electron chi connectivity index (χ0n) is 10.6. The van der Waals surface area contributed by atoms with Gasteiger partial charge in [0.2, 0.25) is 5.91 Å². The Kier molecular flexibility index (Phi) is 4.38. The van der Waals surface area contributed by atoms with Crippen LogP contribution in [0.3, 0.4) is 0 Å². The first-order valence-corrected chi connectivity index (χ1v) is 6.38. The first-order valence-electron chi connectivity index (χ1n) is 6.38. The molecule has 1 aliphatic rings. The summed E-state index contributed by atoms with van der Waals surface area (Å²) in [5.74, 6) is 0.725. The molecule has 0 radical (unpaired) electrons. The highest BCUT2D eigenvalue weighted by Crippen LogP contribution is 2.26. The summed E-state index contributed by atoms with van der Waals surface area (Å²) in [6, 6.07) is 4.00. The summed E-state index contributed by atoms with van der Waals surface area (Å²) < 4.78 is 5.24. The van der Waals surface area contributed by atoms with Crippen molar-refractivity contribution in [1.82, 2.24) is 10.2 Å². The highest BCUT2D eigenvalue weighted by molar-refractivity contribution is 5.78. The molecule has 0 aromatic carbocycles. The van der Waals surface area contributed by atoms with Gasteiger partial charge in [-0.1, -0.05) is 0 Å². The quantitative estimate of drug-likeness (QED) is 0.757. The molecule has 1 heterocycles. The van der Waals surface area contributed by atoms with E-state index in [1.807, 2.05) is 17.9 Å². The third-order valence-electron chi connectivity index (χ3n) is 3.14. The van der Waals surface area contributed by atoms with Gasteiger partial charge >= 0.3 is 0 Å². The van der Waals surface area contributed by atoms with Crippen LogP contribution in [0.25, 0.3) is 0 Å². The third kappa shape index (κ3) is 3.58. The summed E-state index contributed by atoms with van der Waals surface area (Å²) in [6.45, 7) is 2.89. The minimum absolute atomic E-state index is 0.0285. The molecule has 2 rings (SSSR count). The van der Waals surface area contributed by atoms with E-state index in [0.29, 0.717) is 19.1 Å². The first kappa shape index (κ1) is 13.1. The lowest BCUT2D eigenvalue weighted by molar-refractivity contribution is -0.123. The largest absolute Gasteiger partial charge is 0.467 e. The minimum atomic E-state index is -0.123. The molecule has 100 valence electrons. The fraction of sp³-hybridized carbons (Fsp3) is 0.615. The van der Waals surface area contributed by atoms with E-state index in [1.165, 1.54) is 0 Å². The van der Waals surface area contributed by atoms with E-state index in [1.54, 1.807) is 12.3 Å². The third-order valence-corrected chi connectivity index (χ3v) is 3.14. The molecule has 5 nitrogen and oxygen atoms in total. The molecule has 2 N–H and O–H groups in total. The van der Waals surface area contributed by atoms with E-state index in [4.69, 9.17) is 9.52 Å². The van der Waals surface area contributed by atoms with Crippen molar-refractivity contribution in [2.24, 2.45) is 0 Å². The summed E-state index contributed by atoms with van der Waals surface area (Å²) in [5, 5.41) is 11.9. The molecule has 18 heavy (non-hydrogen) atoms. The molecule has 0 spiro atoms. The molecule has 1 saturated carbocycles. The molecular weight excluding hydrogens is 232 g/mol. The fourth-order valence-electron chi connectivity index (χ4n) is 2.04. The van der Waals surface area contributed by atoms with Crippen LogP contribution in [0.2, 0.25) is 0 Å². The number of hydrogen-bond donors (Lipinski definition) is 2. The average Bonchev–Trinajstić information content (AvgIpc) is 3.03. The second kappa shape index (κ2) is 6.02. The smallest absolute Gasteiger partial charge is 0.234 e. The molecule has 0 bridgehead atoms. The standard InChI is InChI=1S/C13H20N2O3/c1-10(12-3-2-8-18-12)14-13(17)9-15(6-7-16)11-4-5-11/h2-3,8,10-11,16H,4-7,9H2,1H3,(H,14,17). The van der Waals surface area contributed by atoms with Crippen LogP contribution in [-0.4, -0.2) is 41.7 Å². The van der Waals surface area contributed by atoms with Crippen LogP contribution in [0.4, 0.5) is 0 Å². The molecule has 1 aromatic heterocycles. The van der Waals surface area contributed by atoms with Crippen LogP contribution in [0.5, 0.6) is 0 Å². The highest BCUT2D eigenvalue weighted by Gasteiger charge is 2.30. The molecular formula is C13H20N2O3. The lowest BCUT2D eigenvalue weighted by atomic mass is 10.2. The summed E-state index contributed by atoms with van der Waals surface area (Å²) in [7, 11) is 0. The van der Waals surface area contributed by atoms with Crippen molar-refractivity contribution in [2.75, 3.05) is 19.7 Å². The van der Waals surface area contributed by atoms with Gasteiger partial charge in [-0.25, -0.2) is 0 Å². The number of hydrogen-bond acceptors (Lipinski definition) is 4. The van der Waals surface area contributed by atoms with Gasteiger partial charge in [-0.15, -0.1) is 0 Å². The maximum Gasteiger partial charge on any atom is 0.234 e. The zero-order chi connectivity index (χ0) is 13.0. The van der Waals surface area contributed by atoms with Crippen molar-refractivity contribution in [1.29, 1.82) is 0 Å². The average molecular weight is 252 g/mol. The van der Waals surface area contributed by atoms with Gasteiger partial charge in [0, 0.05) is 12.6 Å². The Bertz CT molecular complexity index is 374. The number of rotatable bonds is 7. The molecule has 1 aliphatic carbocycles. The van der Waals surface area contributed by atoms with Gasteiger partial charge in [0.25, 0.3) is 0 Å². The summed E-state index contributed by atoms with van der Waals surface area (Å²) in [6.07, 6.45) is 3.85. The maximum atomic E-state index is 11.9. The summed E-state index contributed by atoms with van der Waals surface area (Å²) >= 11 is 0. The van der Waals surface area contributed by atoms with Crippen LogP contribution in [0, 0.1) is 0 Å². The van der Waals surface area contributed by atoms with Gasteiger partial charge in [0.1, 0.15) is 5.76 Å². The summed E-state index contributed by atoms with van der Waals surface area (Å²) in [5.41, 5.74) is 0. The molecule has 1 atom stereocenters. The van der Waals surface area contributed by atoms with Crippen LogP contribution >= 0.6 is 0 Å². The topological polar surface area (TPSA) is 65.7 Å². The van der Waals surface area contributed by atoms with Crippen LogP contribution in [0.15, 0.2) is 22.8 Å². The number of aliphatic hydroxyl groups excluding tert-OH is 1. The lowest BCUT2D eigenvalue weighted by Gasteiger charge is -2.21. The number of nitrogens with zero attached hydrogens (tertiary/aromatic N) is 1. The number of nitrogens with one attached hydrogen (secondary N) is 1. The molecule has 5 heteroatoms. The van der Waals surface area contributed by atoms with E-state index >= 15 is 0 Å². The van der Waals surface area contributed by atoms with Crippen molar-refractivity contribution in [3.05, 3.63) is 24.2 Å². The van der Waals surface area contributed by atoms with Gasteiger partial charge in [0.05, 0.1) is 25.5 Å². The van der Waals surface area contributed by atoms with Crippen molar-refractivity contribution in [3.63, 3.8) is 0 Å². The second-order valence-corrected chi connectivity index (χ2v) is 4.73. The number of carbonyl (C=O) groups is 1. The number of amides is 1. The molecule has 1 unspecified atom stereocenters. The van der Waals surface area contributed by atoms with Crippen LogP contribution in [0.1, 0.15) is 31.6 Å². The molecule has 0 saturated heterocycles. The first-order chi connectivity index (χ1) is 8.70. The predicted molar refractivity (Wildman–Crippen MR) is 66.9 cm³/mol. The van der Waals surface area contributed by atoms with Crippen molar-refractivity contribution in [2.45, 2.75) is 31.8 Å². The summed E-state index contributed by atoms with van der Waals surface area (Å²) in [4.78, 5) is 13.9. The van der Waals surface area contributed by atoms with E-state index in [9.17, 15) is 4.79 Å². The van der Waals surface area contributed by atoms with Gasteiger partial charge < -0.3 is 14.8 Å². The van der Waals surface area contributed by atoms with Crippen molar-refractivity contribution in [3.8, 4) is 0 Å². The lowest BCUT2D eigenvalue weighted by Crippen LogP contribution is -2.40. The zero-order valence-corrected chi connectivity index (χ0v) is 10.6. The Morgan fingerprint density at radius 3 is 3.00 bits per heavy atom.